The van der Waals surface area contributed by atoms with E-state index in [1.807, 2.05) is 52.2 Å². The van der Waals surface area contributed by atoms with Crippen molar-refractivity contribution in [2.45, 2.75) is 26.8 Å². The van der Waals surface area contributed by atoms with Gasteiger partial charge in [0.1, 0.15) is 5.75 Å². The first-order valence-electron chi connectivity index (χ1n) is 6.72. The molecule has 1 rings (SSSR count). The fourth-order valence-electron chi connectivity index (χ4n) is 1.78. The third-order valence-corrected chi connectivity index (χ3v) is 3.34. The fraction of sp³-hybridized carbons (Fsp3) is 0.533. The van der Waals surface area contributed by atoms with Crippen LogP contribution in [0.5, 0.6) is 5.75 Å². The summed E-state index contributed by atoms with van der Waals surface area (Å²) in [7, 11) is 4.05. The van der Waals surface area contributed by atoms with Gasteiger partial charge in [-0.1, -0.05) is 12.1 Å². The standard InChI is InChI=1S/C15H24N2O2/c1-6-17(7-2)15(18)19-14-10-8-9-13(11-14)12(3)16(4)5/h8-12H,6-7H2,1-5H3. The Hall–Kier alpha value is -1.55. The molecule has 0 saturated carbocycles. The van der Waals surface area contributed by atoms with Gasteiger partial charge in [0.15, 0.2) is 0 Å². The van der Waals surface area contributed by atoms with E-state index in [2.05, 4.69) is 11.8 Å². The molecular weight excluding hydrogens is 240 g/mol. The second kappa shape index (κ2) is 7.14. The molecular formula is C15H24N2O2. The molecule has 0 aliphatic carbocycles. The second-order valence-electron chi connectivity index (χ2n) is 4.75. The summed E-state index contributed by atoms with van der Waals surface area (Å²) in [6.07, 6.45) is -0.292. The van der Waals surface area contributed by atoms with E-state index in [4.69, 9.17) is 4.74 Å². The van der Waals surface area contributed by atoms with Crippen molar-refractivity contribution in [3.8, 4) is 5.75 Å². The van der Waals surface area contributed by atoms with Crippen LogP contribution in [0.15, 0.2) is 24.3 Å². The molecule has 4 nitrogen and oxygen atoms in total. The summed E-state index contributed by atoms with van der Waals surface area (Å²) in [6.45, 7) is 7.31. The third-order valence-electron chi connectivity index (χ3n) is 3.34. The van der Waals surface area contributed by atoms with Gasteiger partial charge in [-0.15, -0.1) is 0 Å². The molecule has 1 aromatic carbocycles. The Balaban J connectivity index is 2.80. The van der Waals surface area contributed by atoms with Gasteiger partial charge >= 0.3 is 6.09 Å². The van der Waals surface area contributed by atoms with Gasteiger partial charge in [0.05, 0.1) is 0 Å². The SMILES string of the molecule is CCN(CC)C(=O)Oc1cccc(C(C)N(C)C)c1. The van der Waals surface area contributed by atoms with Crippen molar-refractivity contribution in [1.29, 1.82) is 0 Å². The van der Waals surface area contributed by atoms with E-state index in [1.54, 1.807) is 4.90 Å². The van der Waals surface area contributed by atoms with Gasteiger partial charge < -0.3 is 14.5 Å². The van der Waals surface area contributed by atoms with Gasteiger partial charge in [-0.2, -0.15) is 0 Å². The summed E-state index contributed by atoms with van der Waals surface area (Å²) in [5, 5.41) is 0. The van der Waals surface area contributed by atoms with E-state index in [0.29, 0.717) is 18.8 Å². The minimum absolute atomic E-state index is 0.284. The Kier molecular flexibility index (Phi) is 5.83. The van der Waals surface area contributed by atoms with Gasteiger partial charge in [-0.25, -0.2) is 4.79 Å². The van der Waals surface area contributed by atoms with E-state index in [-0.39, 0.29) is 12.1 Å². The number of hydrogen-bond acceptors (Lipinski definition) is 3. The summed E-state index contributed by atoms with van der Waals surface area (Å²) in [5.74, 6) is 0.600. The highest BCUT2D eigenvalue weighted by molar-refractivity contribution is 5.70. The van der Waals surface area contributed by atoms with Gasteiger partial charge in [-0.05, 0) is 52.6 Å². The molecule has 0 spiro atoms. The molecule has 0 heterocycles. The van der Waals surface area contributed by atoms with Crippen molar-refractivity contribution in [3.05, 3.63) is 29.8 Å². The first-order chi connectivity index (χ1) is 8.99. The molecule has 106 valence electrons. The molecule has 0 saturated heterocycles. The van der Waals surface area contributed by atoms with Crippen LogP contribution in [0.25, 0.3) is 0 Å². The van der Waals surface area contributed by atoms with E-state index in [9.17, 15) is 4.79 Å². The summed E-state index contributed by atoms with van der Waals surface area (Å²) < 4.78 is 5.40. The quantitative estimate of drug-likeness (QED) is 0.819. The lowest BCUT2D eigenvalue weighted by Gasteiger charge is -2.21. The molecule has 1 unspecified atom stereocenters. The summed E-state index contributed by atoms with van der Waals surface area (Å²) in [4.78, 5) is 15.7. The van der Waals surface area contributed by atoms with Crippen molar-refractivity contribution >= 4 is 6.09 Å². The van der Waals surface area contributed by atoms with Crippen molar-refractivity contribution in [1.82, 2.24) is 9.80 Å². The van der Waals surface area contributed by atoms with Crippen LogP contribution in [0.3, 0.4) is 0 Å². The smallest absolute Gasteiger partial charge is 0.410 e. The lowest BCUT2D eigenvalue weighted by atomic mass is 10.1. The normalized spacial score (nSPS) is 12.3. The van der Waals surface area contributed by atoms with Crippen LogP contribution in [0.2, 0.25) is 0 Å². The lowest BCUT2D eigenvalue weighted by molar-refractivity contribution is 0.157. The van der Waals surface area contributed by atoms with Crippen molar-refractivity contribution < 1.29 is 9.53 Å². The fourth-order valence-corrected chi connectivity index (χ4v) is 1.78. The minimum atomic E-state index is -0.292. The zero-order chi connectivity index (χ0) is 14.4. The summed E-state index contributed by atoms with van der Waals surface area (Å²) in [5.41, 5.74) is 1.13. The average Bonchev–Trinajstić information content (AvgIpc) is 2.39. The van der Waals surface area contributed by atoms with E-state index in [1.165, 1.54) is 0 Å². The Morgan fingerprint density at radius 2 is 1.89 bits per heavy atom. The topological polar surface area (TPSA) is 32.8 Å². The molecule has 0 N–H and O–H groups in total. The molecule has 0 aromatic heterocycles. The lowest BCUT2D eigenvalue weighted by Crippen LogP contribution is -2.33. The Morgan fingerprint density at radius 1 is 1.26 bits per heavy atom. The maximum Gasteiger partial charge on any atom is 0.415 e. The maximum atomic E-state index is 11.9. The first kappa shape index (κ1) is 15.5. The van der Waals surface area contributed by atoms with Crippen LogP contribution >= 0.6 is 0 Å². The summed E-state index contributed by atoms with van der Waals surface area (Å²) in [6, 6.07) is 7.98. The molecule has 0 radical (unpaired) electrons. The monoisotopic (exact) mass is 264 g/mol. The Morgan fingerprint density at radius 3 is 2.42 bits per heavy atom. The average molecular weight is 264 g/mol. The van der Waals surface area contributed by atoms with Gasteiger partial charge in [0.2, 0.25) is 0 Å². The van der Waals surface area contributed by atoms with Crippen LogP contribution in [-0.4, -0.2) is 43.1 Å². The highest BCUT2D eigenvalue weighted by Gasteiger charge is 2.13. The first-order valence-corrected chi connectivity index (χ1v) is 6.72. The number of amides is 1. The van der Waals surface area contributed by atoms with E-state index < -0.39 is 0 Å². The molecule has 0 bridgehead atoms. The molecule has 4 heteroatoms. The zero-order valence-electron chi connectivity index (χ0n) is 12.5. The highest BCUT2D eigenvalue weighted by atomic mass is 16.6. The van der Waals surface area contributed by atoms with E-state index in [0.717, 1.165) is 5.56 Å². The van der Waals surface area contributed by atoms with Gasteiger partial charge in [-0.3, -0.25) is 0 Å². The highest BCUT2D eigenvalue weighted by Crippen LogP contribution is 2.22. The van der Waals surface area contributed by atoms with Crippen molar-refractivity contribution in [2.24, 2.45) is 0 Å². The number of carbonyl (C=O) groups is 1. The number of ether oxygens (including phenoxy) is 1. The minimum Gasteiger partial charge on any atom is -0.410 e. The van der Waals surface area contributed by atoms with Gasteiger partial charge in [0, 0.05) is 19.1 Å². The molecule has 1 aromatic rings. The largest absolute Gasteiger partial charge is 0.415 e. The van der Waals surface area contributed by atoms with Crippen LogP contribution in [0.1, 0.15) is 32.4 Å². The molecule has 1 amide bonds. The summed E-state index contributed by atoms with van der Waals surface area (Å²) >= 11 is 0. The zero-order valence-corrected chi connectivity index (χ0v) is 12.5. The maximum absolute atomic E-state index is 11.9. The van der Waals surface area contributed by atoms with Crippen LogP contribution in [0.4, 0.5) is 4.79 Å². The molecule has 0 aliphatic heterocycles. The molecule has 19 heavy (non-hydrogen) atoms. The van der Waals surface area contributed by atoms with Crippen LogP contribution < -0.4 is 4.74 Å². The number of hydrogen-bond donors (Lipinski definition) is 0. The molecule has 1 atom stereocenters. The molecule has 0 aliphatic rings. The Labute approximate surface area is 116 Å². The predicted molar refractivity (Wildman–Crippen MR) is 77.5 cm³/mol. The van der Waals surface area contributed by atoms with Crippen LogP contribution in [0, 0.1) is 0 Å². The number of nitrogens with zero attached hydrogens (tertiary/aromatic N) is 2. The van der Waals surface area contributed by atoms with Crippen LogP contribution in [-0.2, 0) is 0 Å². The second-order valence-corrected chi connectivity index (χ2v) is 4.75. The van der Waals surface area contributed by atoms with Gasteiger partial charge in [0.25, 0.3) is 0 Å². The van der Waals surface area contributed by atoms with Crippen molar-refractivity contribution in [2.75, 3.05) is 27.2 Å². The number of carbonyl (C=O) groups excluding carboxylic acids is 1. The predicted octanol–water partition coefficient (Wildman–Crippen LogP) is 3.15. The third kappa shape index (κ3) is 4.24. The molecule has 0 fully saturated rings. The Bertz CT molecular complexity index is 414. The number of benzene rings is 1. The van der Waals surface area contributed by atoms with Crippen molar-refractivity contribution in [3.63, 3.8) is 0 Å². The number of rotatable bonds is 5. The van der Waals surface area contributed by atoms with E-state index >= 15 is 0 Å².